The first-order chi connectivity index (χ1) is 8.74. The molecule has 2 heterocycles. The zero-order valence-corrected chi connectivity index (χ0v) is 10.7. The summed E-state index contributed by atoms with van der Waals surface area (Å²) >= 11 is 0. The first-order valence-corrected chi connectivity index (χ1v) is 6.80. The molecule has 3 rings (SSSR count). The first kappa shape index (κ1) is 11.7. The minimum absolute atomic E-state index is 0.146. The smallest absolute Gasteiger partial charge is 0.227 e. The zero-order chi connectivity index (χ0) is 12.5. The Bertz CT molecular complexity index is 436. The van der Waals surface area contributed by atoms with Gasteiger partial charge in [0.05, 0.1) is 17.9 Å². The lowest BCUT2D eigenvalue weighted by molar-refractivity contribution is -0.117. The second kappa shape index (κ2) is 4.72. The molecule has 1 aliphatic carbocycles. The van der Waals surface area contributed by atoms with E-state index in [0.717, 1.165) is 38.0 Å². The predicted molar refractivity (Wildman–Crippen MR) is 69.3 cm³/mol. The minimum atomic E-state index is 0.146. The lowest BCUT2D eigenvalue weighted by Crippen LogP contribution is -2.29. The Kier molecular flexibility index (Phi) is 3.07. The van der Waals surface area contributed by atoms with Crippen molar-refractivity contribution in [3.05, 3.63) is 12.4 Å². The zero-order valence-electron chi connectivity index (χ0n) is 10.7. The predicted octanol–water partition coefficient (Wildman–Crippen LogP) is 1.40. The Morgan fingerprint density at radius 3 is 2.89 bits per heavy atom. The second-order valence-corrected chi connectivity index (χ2v) is 5.50. The average Bonchev–Trinajstić information content (AvgIpc) is 2.95. The summed E-state index contributed by atoms with van der Waals surface area (Å²) in [6, 6.07) is 0.469. The topological polar surface area (TPSA) is 59.0 Å². The van der Waals surface area contributed by atoms with Crippen molar-refractivity contribution in [2.75, 3.05) is 18.4 Å². The van der Waals surface area contributed by atoms with Crippen LogP contribution in [0, 0.1) is 11.8 Å². The van der Waals surface area contributed by atoms with Gasteiger partial charge >= 0.3 is 0 Å². The molecular formula is C13H20N4O. The van der Waals surface area contributed by atoms with Crippen molar-refractivity contribution < 1.29 is 4.79 Å². The fourth-order valence-corrected chi connectivity index (χ4v) is 2.60. The molecular weight excluding hydrogens is 228 g/mol. The van der Waals surface area contributed by atoms with Gasteiger partial charge in [0.25, 0.3) is 0 Å². The maximum Gasteiger partial charge on any atom is 0.227 e. The van der Waals surface area contributed by atoms with Crippen LogP contribution in [0.15, 0.2) is 12.4 Å². The third-order valence-corrected chi connectivity index (χ3v) is 4.00. The molecule has 1 saturated heterocycles. The van der Waals surface area contributed by atoms with Crippen molar-refractivity contribution in [2.24, 2.45) is 11.8 Å². The van der Waals surface area contributed by atoms with Gasteiger partial charge in [-0.15, -0.1) is 0 Å². The van der Waals surface area contributed by atoms with Gasteiger partial charge < -0.3 is 10.6 Å². The van der Waals surface area contributed by atoms with Gasteiger partial charge in [-0.05, 0) is 38.3 Å². The molecule has 1 amide bonds. The van der Waals surface area contributed by atoms with Crippen LogP contribution in [0.3, 0.4) is 0 Å². The Morgan fingerprint density at radius 2 is 2.22 bits per heavy atom. The Hall–Kier alpha value is -1.36. The standard InChI is InChI=1S/C13H20N4O/c1-9-6-12(9)13(18)16-10-7-15-17(8-10)11-2-4-14-5-3-11/h7-9,11-12,14H,2-6H2,1H3,(H,16,18). The molecule has 5 nitrogen and oxygen atoms in total. The Morgan fingerprint density at radius 1 is 1.50 bits per heavy atom. The molecule has 1 aromatic heterocycles. The molecule has 1 aromatic rings. The van der Waals surface area contributed by atoms with Crippen LogP contribution in [-0.2, 0) is 4.79 Å². The first-order valence-electron chi connectivity index (χ1n) is 6.80. The monoisotopic (exact) mass is 248 g/mol. The van der Waals surface area contributed by atoms with Crippen LogP contribution in [0.1, 0.15) is 32.2 Å². The number of aromatic nitrogens is 2. The summed E-state index contributed by atoms with van der Waals surface area (Å²) in [6.07, 6.45) is 6.95. The van der Waals surface area contributed by atoms with Crippen molar-refractivity contribution in [3.8, 4) is 0 Å². The van der Waals surface area contributed by atoms with Gasteiger partial charge in [0, 0.05) is 12.1 Å². The maximum atomic E-state index is 11.8. The molecule has 2 atom stereocenters. The number of rotatable bonds is 3. The molecule has 1 saturated carbocycles. The van der Waals surface area contributed by atoms with Crippen molar-refractivity contribution >= 4 is 11.6 Å². The van der Waals surface area contributed by atoms with E-state index in [-0.39, 0.29) is 11.8 Å². The fourth-order valence-electron chi connectivity index (χ4n) is 2.60. The minimum Gasteiger partial charge on any atom is -0.323 e. The molecule has 1 aliphatic heterocycles. The number of piperidine rings is 1. The number of amides is 1. The van der Waals surface area contributed by atoms with Crippen molar-refractivity contribution in [3.63, 3.8) is 0 Å². The normalized spacial score (nSPS) is 28.1. The molecule has 2 N–H and O–H groups in total. The summed E-state index contributed by atoms with van der Waals surface area (Å²) in [6.45, 7) is 4.21. The number of hydrogen-bond donors (Lipinski definition) is 2. The number of nitrogens with zero attached hydrogens (tertiary/aromatic N) is 2. The fraction of sp³-hybridized carbons (Fsp3) is 0.692. The summed E-state index contributed by atoms with van der Waals surface area (Å²) in [4.78, 5) is 11.8. The summed E-state index contributed by atoms with van der Waals surface area (Å²) in [5, 5.41) is 10.7. The van der Waals surface area contributed by atoms with Crippen LogP contribution in [0.4, 0.5) is 5.69 Å². The molecule has 0 aromatic carbocycles. The molecule has 2 aliphatic rings. The van der Waals surface area contributed by atoms with Crippen LogP contribution in [-0.4, -0.2) is 28.8 Å². The summed E-state index contributed by atoms with van der Waals surface area (Å²) in [7, 11) is 0. The quantitative estimate of drug-likeness (QED) is 0.850. The number of hydrogen-bond acceptors (Lipinski definition) is 3. The van der Waals surface area contributed by atoms with Gasteiger partial charge in [0.1, 0.15) is 0 Å². The highest BCUT2D eigenvalue weighted by Crippen LogP contribution is 2.38. The average molecular weight is 248 g/mol. The second-order valence-electron chi connectivity index (χ2n) is 5.50. The molecule has 0 bridgehead atoms. The highest BCUT2D eigenvalue weighted by molar-refractivity contribution is 5.94. The van der Waals surface area contributed by atoms with E-state index in [9.17, 15) is 4.79 Å². The molecule has 0 radical (unpaired) electrons. The summed E-state index contributed by atoms with van der Waals surface area (Å²) < 4.78 is 1.99. The Balaban J connectivity index is 1.60. The van der Waals surface area contributed by atoms with Gasteiger partial charge in [0.15, 0.2) is 0 Å². The lowest BCUT2D eigenvalue weighted by atomic mass is 10.1. The molecule has 5 heteroatoms. The maximum absolute atomic E-state index is 11.8. The number of nitrogens with one attached hydrogen (secondary N) is 2. The Labute approximate surface area is 107 Å². The van der Waals surface area contributed by atoms with E-state index in [0.29, 0.717) is 12.0 Å². The number of carbonyl (C=O) groups excluding carboxylic acids is 1. The van der Waals surface area contributed by atoms with Crippen LogP contribution in [0.25, 0.3) is 0 Å². The van der Waals surface area contributed by atoms with Gasteiger partial charge in [-0.25, -0.2) is 0 Å². The van der Waals surface area contributed by atoms with Crippen LogP contribution >= 0.6 is 0 Å². The van der Waals surface area contributed by atoms with E-state index < -0.39 is 0 Å². The SMILES string of the molecule is CC1CC1C(=O)Nc1cnn(C2CCNCC2)c1. The van der Waals surface area contributed by atoms with Crippen molar-refractivity contribution in [2.45, 2.75) is 32.2 Å². The van der Waals surface area contributed by atoms with Crippen molar-refractivity contribution in [1.29, 1.82) is 0 Å². The van der Waals surface area contributed by atoms with Crippen LogP contribution in [0.2, 0.25) is 0 Å². The number of carbonyl (C=O) groups is 1. The van der Waals surface area contributed by atoms with E-state index in [2.05, 4.69) is 22.7 Å². The molecule has 2 fully saturated rings. The van der Waals surface area contributed by atoms with E-state index >= 15 is 0 Å². The third kappa shape index (κ3) is 2.41. The van der Waals surface area contributed by atoms with Crippen LogP contribution in [0.5, 0.6) is 0 Å². The summed E-state index contributed by atoms with van der Waals surface area (Å²) in [5.41, 5.74) is 0.831. The largest absolute Gasteiger partial charge is 0.323 e. The van der Waals surface area contributed by atoms with E-state index in [1.807, 2.05) is 10.9 Å². The van der Waals surface area contributed by atoms with Gasteiger partial charge in [0.2, 0.25) is 5.91 Å². The molecule has 18 heavy (non-hydrogen) atoms. The highest BCUT2D eigenvalue weighted by Gasteiger charge is 2.39. The van der Waals surface area contributed by atoms with Gasteiger partial charge in [-0.2, -0.15) is 5.10 Å². The summed E-state index contributed by atoms with van der Waals surface area (Å²) in [5.74, 6) is 0.907. The van der Waals surface area contributed by atoms with Crippen molar-refractivity contribution in [1.82, 2.24) is 15.1 Å². The van der Waals surface area contributed by atoms with E-state index in [1.54, 1.807) is 6.20 Å². The molecule has 2 unspecified atom stereocenters. The van der Waals surface area contributed by atoms with Gasteiger partial charge in [-0.1, -0.05) is 6.92 Å². The lowest BCUT2D eigenvalue weighted by Gasteiger charge is -2.22. The highest BCUT2D eigenvalue weighted by atomic mass is 16.2. The van der Waals surface area contributed by atoms with Crippen LogP contribution < -0.4 is 10.6 Å². The van der Waals surface area contributed by atoms with E-state index in [4.69, 9.17) is 0 Å². The molecule has 98 valence electrons. The third-order valence-electron chi connectivity index (χ3n) is 4.00. The number of anilines is 1. The van der Waals surface area contributed by atoms with Gasteiger partial charge in [-0.3, -0.25) is 9.48 Å². The van der Waals surface area contributed by atoms with E-state index in [1.165, 1.54) is 0 Å². The molecule has 0 spiro atoms.